The molecule has 2 amide bonds. The molecule has 2 N–H and O–H groups in total. The zero-order valence-corrected chi connectivity index (χ0v) is 17.3. The van der Waals surface area contributed by atoms with Crippen LogP contribution >= 0.6 is 0 Å². The van der Waals surface area contributed by atoms with Crippen molar-refractivity contribution in [3.8, 4) is 0 Å². The highest BCUT2D eigenvalue weighted by Crippen LogP contribution is 2.60. The van der Waals surface area contributed by atoms with Crippen LogP contribution in [0.2, 0.25) is 0 Å². The highest BCUT2D eigenvalue weighted by Gasteiger charge is 2.56. The van der Waals surface area contributed by atoms with Crippen LogP contribution in [-0.2, 0) is 9.47 Å². The van der Waals surface area contributed by atoms with Crippen LogP contribution in [0, 0.1) is 23.2 Å². The molecule has 1 heterocycles. The molecule has 158 valence electrons. The van der Waals surface area contributed by atoms with Gasteiger partial charge < -0.3 is 24.8 Å². The Kier molecular flexibility index (Phi) is 5.01. The SMILES string of the molecule is CC(C)(C)OC(=O)NC1CCN(C(=O)OC2C3CC4C[C@@H]2CC(CO)(C4)C3)C1. The molecule has 5 unspecified atom stereocenters. The lowest BCUT2D eigenvalue weighted by atomic mass is 9.49. The van der Waals surface area contributed by atoms with Gasteiger partial charge in [-0.05, 0) is 82.5 Å². The van der Waals surface area contributed by atoms with Gasteiger partial charge in [0, 0.05) is 19.7 Å². The van der Waals surface area contributed by atoms with Gasteiger partial charge in [0.1, 0.15) is 11.7 Å². The van der Waals surface area contributed by atoms with E-state index in [-0.39, 0.29) is 30.3 Å². The van der Waals surface area contributed by atoms with E-state index in [9.17, 15) is 14.7 Å². The molecule has 7 nitrogen and oxygen atoms in total. The van der Waals surface area contributed by atoms with Crippen molar-refractivity contribution >= 4 is 12.2 Å². The Balaban J connectivity index is 1.29. The highest BCUT2D eigenvalue weighted by atomic mass is 16.6. The molecule has 0 radical (unpaired) electrons. The first-order chi connectivity index (χ1) is 13.2. The van der Waals surface area contributed by atoms with Crippen LogP contribution in [0.4, 0.5) is 9.59 Å². The van der Waals surface area contributed by atoms with Crippen LogP contribution < -0.4 is 5.32 Å². The summed E-state index contributed by atoms with van der Waals surface area (Å²) in [5.41, 5.74) is -0.456. The first-order valence-corrected chi connectivity index (χ1v) is 10.7. The Morgan fingerprint density at radius 3 is 2.46 bits per heavy atom. The lowest BCUT2D eigenvalue weighted by molar-refractivity contribution is -0.151. The van der Waals surface area contributed by atoms with Gasteiger partial charge in [0.25, 0.3) is 0 Å². The van der Waals surface area contributed by atoms with Gasteiger partial charge in [0.2, 0.25) is 0 Å². The van der Waals surface area contributed by atoms with Crippen LogP contribution in [-0.4, -0.2) is 59.6 Å². The molecule has 0 aromatic heterocycles. The number of aliphatic hydroxyl groups excluding tert-OH is 1. The molecule has 5 rings (SSSR count). The lowest BCUT2D eigenvalue weighted by Gasteiger charge is -2.58. The highest BCUT2D eigenvalue weighted by molar-refractivity contribution is 5.70. The van der Waals surface area contributed by atoms with E-state index < -0.39 is 11.7 Å². The molecule has 1 aliphatic heterocycles. The summed E-state index contributed by atoms with van der Waals surface area (Å²) in [6.07, 6.45) is 5.35. The molecule has 0 spiro atoms. The summed E-state index contributed by atoms with van der Waals surface area (Å²) < 4.78 is 11.3. The molecule has 5 fully saturated rings. The maximum absolute atomic E-state index is 12.8. The van der Waals surface area contributed by atoms with Crippen molar-refractivity contribution in [2.24, 2.45) is 23.2 Å². The number of alkyl carbamates (subject to hydrolysis) is 1. The molecule has 0 aromatic carbocycles. The third-order valence-electron chi connectivity index (χ3n) is 7.05. The second kappa shape index (κ2) is 7.08. The number of ether oxygens (including phenoxy) is 2. The minimum absolute atomic E-state index is 0.0124. The molecule has 4 bridgehead atoms. The van der Waals surface area contributed by atoms with E-state index in [0.717, 1.165) is 32.1 Å². The third-order valence-corrected chi connectivity index (χ3v) is 7.05. The molecule has 4 saturated carbocycles. The second-order valence-electron chi connectivity index (χ2n) is 10.6. The maximum Gasteiger partial charge on any atom is 0.410 e. The quantitative estimate of drug-likeness (QED) is 0.768. The van der Waals surface area contributed by atoms with Gasteiger partial charge in [-0.25, -0.2) is 9.59 Å². The topological polar surface area (TPSA) is 88.1 Å². The van der Waals surface area contributed by atoms with E-state index in [1.807, 2.05) is 20.8 Å². The van der Waals surface area contributed by atoms with Gasteiger partial charge in [-0.3, -0.25) is 0 Å². The number of nitrogens with zero attached hydrogens (tertiary/aromatic N) is 1. The molecule has 7 heteroatoms. The van der Waals surface area contributed by atoms with E-state index in [1.54, 1.807) is 4.90 Å². The van der Waals surface area contributed by atoms with Crippen molar-refractivity contribution in [3.05, 3.63) is 0 Å². The van der Waals surface area contributed by atoms with Gasteiger partial charge in [-0.1, -0.05) is 0 Å². The minimum atomic E-state index is -0.535. The number of aliphatic hydroxyl groups is 1. The molecular weight excluding hydrogens is 360 g/mol. The van der Waals surface area contributed by atoms with Crippen LogP contribution in [0.25, 0.3) is 0 Å². The monoisotopic (exact) mass is 394 g/mol. The Morgan fingerprint density at radius 2 is 1.86 bits per heavy atom. The first-order valence-electron chi connectivity index (χ1n) is 10.7. The predicted octanol–water partition coefficient (Wildman–Crippen LogP) is 2.91. The normalized spacial score (nSPS) is 39.1. The summed E-state index contributed by atoms with van der Waals surface area (Å²) in [6.45, 7) is 6.81. The van der Waals surface area contributed by atoms with E-state index >= 15 is 0 Å². The standard InChI is InChI=1S/C21H34N2O5/c1-20(2,3)28-18(25)22-16-4-5-23(11-16)19(26)27-17-14-6-13-7-15(17)10-21(8-13,9-14)12-24/h13-17,24H,4-12H2,1-3H3,(H,22,25)/t13?,14-,15?,16?,17?,21?/m1/s1. The number of amides is 2. The van der Waals surface area contributed by atoms with E-state index in [2.05, 4.69) is 5.32 Å². The van der Waals surface area contributed by atoms with Crippen LogP contribution in [0.15, 0.2) is 0 Å². The first kappa shape index (κ1) is 19.8. The fourth-order valence-electron chi connectivity index (χ4n) is 6.24. The zero-order chi connectivity index (χ0) is 20.1. The van der Waals surface area contributed by atoms with Gasteiger partial charge in [-0.15, -0.1) is 0 Å². The van der Waals surface area contributed by atoms with E-state index in [1.165, 1.54) is 0 Å². The van der Waals surface area contributed by atoms with Crippen molar-refractivity contribution in [1.82, 2.24) is 10.2 Å². The molecule has 6 atom stereocenters. The number of carbonyl (C=O) groups excluding carboxylic acids is 2. The number of rotatable bonds is 3. The average molecular weight is 395 g/mol. The predicted molar refractivity (Wildman–Crippen MR) is 103 cm³/mol. The van der Waals surface area contributed by atoms with Crippen LogP contribution in [0.1, 0.15) is 59.3 Å². The zero-order valence-electron chi connectivity index (χ0n) is 17.3. The molecule has 4 aliphatic carbocycles. The summed E-state index contributed by atoms with van der Waals surface area (Å²) in [7, 11) is 0. The van der Waals surface area contributed by atoms with Crippen molar-refractivity contribution in [2.45, 2.75) is 77.0 Å². The van der Waals surface area contributed by atoms with Crippen molar-refractivity contribution in [3.63, 3.8) is 0 Å². The Morgan fingerprint density at radius 1 is 1.18 bits per heavy atom. The summed E-state index contributed by atoms with van der Waals surface area (Å²) in [5, 5.41) is 12.7. The van der Waals surface area contributed by atoms with Crippen LogP contribution in [0.5, 0.6) is 0 Å². The summed E-state index contributed by atoms with van der Waals surface area (Å²) in [4.78, 5) is 26.4. The maximum atomic E-state index is 12.8. The largest absolute Gasteiger partial charge is 0.446 e. The lowest BCUT2D eigenvalue weighted by Crippen LogP contribution is -2.56. The Labute approximate surface area is 167 Å². The molecule has 0 aromatic rings. The number of carbonyl (C=O) groups is 2. The average Bonchev–Trinajstić information content (AvgIpc) is 3.04. The van der Waals surface area contributed by atoms with E-state index in [4.69, 9.17) is 9.47 Å². The molecular formula is C21H34N2O5. The minimum Gasteiger partial charge on any atom is -0.446 e. The summed E-state index contributed by atoms with van der Waals surface area (Å²) in [6, 6.07) is -0.0986. The molecule has 1 saturated heterocycles. The van der Waals surface area contributed by atoms with Crippen molar-refractivity contribution in [1.29, 1.82) is 0 Å². The summed E-state index contributed by atoms with van der Waals surface area (Å²) in [5.74, 6) is 1.47. The second-order valence-corrected chi connectivity index (χ2v) is 10.6. The van der Waals surface area contributed by atoms with Gasteiger partial charge in [-0.2, -0.15) is 0 Å². The third kappa shape index (κ3) is 3.95. The van der Waals surface area contributed by atoms with Crippen LogP contribution in [0.3, 0.4) is 0 Å². The molecule has 28 heavy (non-hydrogen) atoms. The fourth-order valence-corrected chi connectivity index (χ4v) is 6.24. The fraction of sp³-hybridized carbons (Fsp3) is 0.905. The number of likely N-dealkylation sites (tertiary alicyclic amines) is 1. The van der Waals surface area contributed by atoms with Gasteiger partial charge in [0.15, 0.2) is 0 Å². The number of hydrogen-bond donors (Lipinski definition) is 2. The summed E-state index contributed by atoms with van der Waals surface area (Å²) >= 11 is 0. The number of nitrogens with one attached hydrogen (secondary N) is 1. The number of hydrogen-bond acceptors (Lipinski definition) is 5. The Hall–Kier alpha value is -1.50. The van der Waals surface area contributed by atoms with Crippen molar-refractivity contribution in [2.75, 3.05) is 19.7 Å². The van der Waals surface area contributed by atoms with Gasteiger partial charge >= 0.3 is 12.2 Å². The van der Waals surface area contributed by atoms with Crippen molar-refractivity contribution < 1.29 is 24.2 Å². The Bertz CT molecular complexity index is 615. The van der Waals surface area contributed by atoms with E-state index in [0.29, 0.717) is 37.3 Å². The van der Waals surface area contributed by atoms with Gasteiger partial charge in [0.05, 0.1) is 6.04 Å². The smallest absolute Gasteiger partial charge is 0.410 e. The molecule has 5 aliphatic rings.